The van der Waals surface area contributed by atoms with Crippen LogP contribution in [0.2, 0.25) is 0 Å². The van der Waals surface area contributed by atoms with Crippen molar-refractivity contribution in [1.29, 1.82) is 0 Å². The molecule has 5 heteroatoms. The highest BCUT2D eigenvalue weighted by atomic mass is 32.2. The summed E-state index contributed by atoms with van der Waals surface area (Å²) in [7, 11) is 0. The highest BCUT2D eigenvalue weighted by molar-refractivity contribution is 7.99. The molecule has 14 heavy (non-hydrogen) atoms. The fourth-order valence-electron chi connectivity index (χ4n) is 0.947. The molecule has 1 rings (SSSR count). The van der Waals surface area contributed by atoms with E-state index in [0.29, 0.717) is 17.1 Å². The zero-order valence-electron chi connectivity index (χ0n) is 7.38. The predicted molar refractivity (Wildman–Crippen MR) is 54.5 cm³/mol. The molecule has 0 aliphatic rings. The van der Waals surface area contributed by atoms with E-state index >= 15 is 0 Å². The van der Waals surface area contributed by atoms with Gasteiger partial charge in [0.2, 0.25) is 0 Å². The molecule has 0 amide bonds. The Hall–Kier alpha value is -1.36. The van der Waals surface area contributed by atoms with Gasteiger partial charge < -0.3 is 4.79 Å². The molecule has 0 unspecified atom stereocenters. The number of nitro benzene ring substituents is 1. The van der Waals surface area contributed by atoms with Crippen LogP contribution in [0.3, 0.4) is 0 Å². The largest absolute Gasteiger partial charge is 0.303 e. The molecule has 74 valence electrons. The van der Waals surface area contributed by atoms with Gasteiger partial charge in [0.15, 0.2) is 0 Å². The topological polar surface area (TPSA) is 60.2 Å². The smallest absolute Gasteiger partial charge is 0.282 e. The van der Waals surface area contributed by atoms with Gasteiger partial charge in [-0.25, -0.2) is 0 Å². The lowest BCUT2D eigenvalue weighted by Crippen LogP contribution is -1.91. The van der Waals surface area contributed by atoms with Crippen LogP contribution in [0.15, 0.2) is 29.2 Å². The van der Waals surface area contributed by atoms with Gasteiger partial charge in [0.1, 0.15) is 6.29 Å². The number of rotatable bonds is 5. The van der Waals surface area contributed by atoms with Crippen LogP contribution in [-0.4, -0.2) is 17.0 Å². The van der Waals surface area contributed by atoms with Gasteiger partial charge in [0.05, 0.1) is 9.82 Å². The second-order valence-corrected chi connectivity index (χ2v) is 3.67. The van der Waals surface area contributed by atoms with E-state index in [-0.39, 0.29) is 5.69 Å². The number of carbonyl (C=O) groups excluding carboxylic acids is 1. The number of nitrogens with zero attached hydrogens (tertiary/aromatic N) is 1. The van der Waals surface area contributed by atoms with Crippen LogP contribution >= 0.6 is 11.8 Å². The summed E-state index contributed by atoms with van der Waals surface area (Å²) in [5, 5.41) is 10.6. The maximum atomic E-state index is 10.6. The summed E-state index contributed by atoms with van der Waals surface area (Å²) < 4.78 is 0. The van der Waals surface area contributed by atoms with Crippen molar-refractivity contribution in [2.75, 3.05) is 5.75 Å². The number of hydrogen-bond acceptors (Lipinski definition) is 4. The zero-order chi connectivity index (χ0) is 10.4. The second-order valence-electron chi connectivity index (χ2n) is 2.53. The number of nitro groups is 1. The minimum atomic E-state index is -0.413. The maximum Gasteiger partial charge on any atom is 0.282 e. The molecule has 4 nitrogen and oxygen atoms in total. The molecule has 0 atom stereocenters. The summed E-state index contributed by atoms with van der Waals surface area (Å²) in [5.74, 6) is 0.578. The van der Waals surface area contributed by atoms with Gasteiger partial charge in [0, 0.05) is 18.2 Å². The third-order valence-electron chi connectivity index (χ3n) is 1.56. The predicted octanol–water partition coefficient (Wildman–Crippen LogP) is 2.28. The molecular formula is C9H9NO3S. The first kappa shape index (κ1) is 10.7. The van der Waals surface area contributed by atoms with Crippen LogP contribution in [0.1, 0.15) is 6.42 Å². The van der Waals surface area contributed by atoms with Gasteiger partial charge in [-0.3, -0.25) is 10.1 Å². The lowest BCUT2D eigenvalue weighted by Gasteiger charge is -1.99. The van der Waals surface area contributed by atoms with Crippen molar-refractivity contribution in [2.45, 2.75) is 11.3 Å². The third kappa shape index (κ3) is 2.85. The molecule has 0 radical (unpaired) electrons. The third-order valence-corrected chi connectivity index (χ3v) is 2.65. The van der Waals surface area contributed by atoms with Gasteiger partial charge in [0.25, 0.3) is 5.69 Å². The molecule has 0 aliphatic heterocycles. The number of aldehydes is 1. The van der Waals surface area contributed by atoms with Crippen LogP contribution in [0.25, 0.3) is 0 Å². The molecule has 0 aliphatic carbocycles. The minimum absolute atomic E-state index is 0.100. The van der Waals surface area contributed by atoms with Crippen LogP contribution < -0.4 is 0 Å². The number of benzene rings is 1. The van der Waals surface area contributed by atoms with Crippen LogP contribution in [0, 0.1) is 10.1 Å². The molecule has 0 N–H and O–H groups in total. The molecule has 0 saturated heterocycles. The van der Waals surface area contributed by atoms with E-state index in [4.69, 9.17) is 0 Å². The first-order valence-corrected chi connectivity index (χ1v) is 5.04. The fraction of sp³-hybridized carbons (Fsp3) is 0.222. The Morgan fingerprint density at radius 3 is 2.79 bits per heavy atom. The Morgan fingerprint density at radius 2 is 2.14 bits per heavy atom. The zero-order valence-corrected chi connectivity index (χ0v) is 8.20. The van der Waals surface area contributed by atoms with E-state index in [2.05, 4.69) is 0 Å². The Labute approximate surface area is 85.5 Å². The van der Waals surface area contributed by atoms with E-state index in [1.165, 1.54) is 17.8 Å². The van der Waals surface area contributed by atoms with Crippen molar-refractivity contribution in [3.63, 3.8) is 0 Å². The normalized spacial score (nSPS) is 9.71. The van der Waals surface area contributed by atoms with E-state index in [1.807, 2.05) is 0 Å². The van der Waals surface area contributed by atoms with Crippen molar-refractivity contribution in [3.8, 4) is 0 Å². The molecule has 0 aromatic heterocycles. The molecule has 1 aromatic rings. The van der Waals surface area contributed by atoms with Gasteiger partial charge >= 0.3 is 0 Å². The SMILES string of the molecule is O=CCCSc1ccccc1[N+](=O)[O-]. The van der Waals surface area contributed by atoms with Crippen molar-refractivity contribution < 1.29 is 9.72 Å². The Bertz CT molecular complexity index is 341. The Morgan fingerprint density at radius 1 is 1.43 bits per heavy atom. The Balaban J connectivity index is 2.74. The molecule has 0 heterocycles. The lowest BCUT2D eigenvalue weighted by atomic mass is 10.3. The summed E-state index contributed by atoms with van der Waals surface area (Å²) in [6.45, 7) is 0. The summed E-state index contributed by atoms with van der Waals surface area (Å²) in [4.78, 5) is 20.8. The van der Waals surface area contributed by atoms with Gasteiger partial charge in [-0.05, 0) is 6.07 Å². The van der Waals surface area contributed by atoms with E-state index in [9.17, 15) is 14.9 Å². The second kappa shape index (κ2) is 5.39. The average molecular weight is 211 g/mol. The maximum absolute atomic E-state index is 10.6. The van der Waals surface area contributed by atoms with Crippen molar-refractivity contribution in [3.05, 3.63) is 34.4 Å². The van der Waals surface area contributed by atoms with Crippen LogP contribution in [0.5, 0.6) is 0 Å². The molecule has 0 fully saturated rings. The van der Waals surface area contributed by atoms with Crippen molar-refractivity contribution in [1.82, 2.24) is 0 Å². The van der Waals surface area contributed by atoms with Gasteiger partial charge in [-0.2, -0.15) is 0 Å². The molecule has 1 aromatic carbocycles. The lowest BCUT2D eigenvalue weighted by molar-refractivity contribution is -0.387. The molecule has 0 bridgehead atoms. The first-order chi connectivity index (χ1) is 6.75. The Kier molecular flexibility index (Phi) is 4.12. The number of carbonyl (C=O) groups is 1. The quantitative estimate of drug-likeness (QED) is 0.246. The van der Waals surface area contributed by atoms with Crippen LogP contribution in [0.4, 0.5) is 5.69 Å². The minimum Gasteiger partial charge on any atom is -0.303 e. The highest BCUT2D eigenvalue weighted by Gasteiger charge is 2.11. The van der Waals surface area contributed by atoms with Crippen molar-refractivity contribution >= 4 is 23.7 Å². The monoisotopic (exact) mass is 211 g/mol. The number of hydrogen-bond donors (Lipinski definition) is 0. The molecule has 0 saturated carbocycles. The number of para-hydroxylation sites is 1. The first-order valence-electron chi connectivity index (χ1n) is 4.05. The fourth-order valence-corrected chi connectivity index (χ4v) is 1.85. The van der Waals surface area contributed by atoms with E-state index in [0.717, 1.165) is 6.29 Å². The summed E-state index contributed by atoms with van der Waals surface area (Å²) in [6.07, 6.45) is 1.22. The van der Waals surface area contributed by atoms with Crippen molar-refractivity contribution in [2.24, 2.45) is 0 Å². The summed E-state index contributed by atoms with van der Waals surface area (Å²) >= 11 is 1.33. The van der Waals surface area contributed by atoms with E-state index < -0.39 is 4.92 Å². The average Bonchev–Trinajstić information content (AvgIpc) is 2.19. The van der Waals surface area contributed by atoms with Gasteiger partial charge in [-0.1, -0.05) is 12.1 Å². The number of thioether (sulfide) groups is 1. The van der Waals surface area contributed by atoms with Crippen LogP contribution in [-0.2, 0) is 4.79 Å². The summed E-state index contributed by atoms with van der Waals surface area (Å²) in [5.41, 5.74) is 0.100. The van der Waals surface area contributed by atoms with Gasteiger partial charge in [-0.15, -0.1) is 11.8 Å². The summed E-state index contributed by atoms with van der Waals surface area (Å²) in [6, 6.07) is 6.52. The van der Waals surface area contributed by atoms with E-state index in [1.54, 1.807) is 18.2 Å². The molecular weight excluding hydrogens is 202 g/mol. The standard InChI is InChI=1S/C9H9NO3S/c11-6-3-7-14-9-5-2-1-4-8(9)10(12)13/h1-2,4-6H,3,7H2. The highest BCUT2D eigenvalue weighted by Crippen LogP contribution is 2.28. The molecule has 0 spiro atoms.